The minimum atomic E-state index is -0.312. The van der Waals surface area contributed by atoms with E-state index in [-0.39, 0.29) is 17.2 Å². The fraction of sp³-hybridized carbons (Fsp3) is 0.0909. The number of methoxy groups -OCH3 is 1. The minimum Gasteiger partial charge on any atom is -0.497 e. The van der Waals surface area contributed by atoms with Gasteiger partial charge in [-0.3, -0.25) is 9.59 Å². The van der Waals surface area contributed by atoms with Crippen molar-refractivity contribution in [3.05, 3.63) is 88.3 Å². The molecule has 4 rings (SSSR count). The molecule has 0 fully saturated rings. The number of nitrogens with one attached hydrogen (secondary N) is 2. The molecule has 134 valence electrons. The molecular weight excluding hydrogens is 340 g/mol. The van der Waals surface area contributed by atoms with Crippen LogP contribution in [-0.4, -0.2) is 18.0 Å². The van der Waals surface area contributed by atoms with E-state index in [0.29, 0.717) is 11.9 Å². The Hall–Kier alpha value is -3.60. The molecule has 3 aromatic carbocycles. The molecule has 5 nitrogen and oxygen atoms in total. The topological polar surface area (TPSA) is 71.2 Å². The molecule has 1 amide bonds. The number of pyridine rings is 1. The number of H-pyrrole nitrogens is 1. The Labute approximate surface area is 155 Å². The molecule has 27 heavy (non-hydrogen) atoms. The van der Waals surface area contributed by atoms with Crippen LogP contribution >= 0.6 is 0 Å². The van der Waals surface area contributed by atoms with Crippen LogP contribution < -0.4 is 15.6 Å². The van der Waals surface area contributed by atoms with Crippen LogP contribution in [0.3, 0.4) is 0 Å². The van der Waals surface area contributed by atoms with Gasteiger partial charge in [0.05, 0.1) is 7.11 Å². The first-order valence-electron chi connectivity index (χ1n) is 8.61. The summed E-state index contributed by atoms with van der Waals surface area (Å²) in [6.45, 7) is 0.371. The molecule has 0 unspecified atom stereocenters. The number of benzene rings is 3. The first-order valence-corrected chi connectivity index (χ1v) is 8.61. The lowest BCUT2D eigenvalue weighted by molar-refractivity contribution is 0.0946. The monoisotopic (exact) mass is 358 g/mol. The first-order chi connectivity index (χ1) is 13.1. The lowest BCUT2D eigenvalue weighted by Crippen LogP contribution is -2.26. The predicted octanol–water partition coefficient (Wildman–Crippen LogP) is 3.62. The van der Waals surface area contributed by atoms with E-state index in [1.165, 1.54) is 0 Å². The van der Waals surface area contributed by atoms with Crippen LogP contribution in [0.4, 0.5) is 0 Å². The highest BCUT2D eigenvalue weighted by molar-refractivity contribution is 5.96. The second kappa shape index (κ2) is 6.96. The Morgan fingerprint density at radius 3 is 2.59 bits per heavy atom. The minimum absolute atomic E-state index is 0.254. The molecule has 0 aliphatic heterocycles. The van der Waals surface area contributed by atoms with Crippen molar-refractivity contribution < 1.29 is 9.53 Å². The van der Waals surface area contributed by atoms with Crippen LogP contribution in [0.25, 0.3) is 21.5 Å². The van der Waals surface area contributed by atoms with Crippen molar-refractivity contribution in [3.63, 3.8) is 0 Å². The van der Waals surface area contributed by atoms with Crippen LogP contribution in [0.15, 0.2) is 71.5 Å². The van der Waals surface area contributed by atoms with Gasteiger partial charge in [-0.2, -0.15) is 0 Å². The molecule has 0 bridgehead atoms. The summed E-state index contributed by atoms with van der Waals surface area (Å²) in [6.07, 6.45) is 0. The van der Waals surface area contributed by atoms with Gasteiger partial charge >= 0.3 is 0 Å². The summed E-state index contributed by atoms with van der Waals surface area (Å²) in [6, 6.07) is 20.7. The SMILES string of the molecule is COc1ccc2cc(CNC(=O)c3cc4ccccc4c(=O)[nH]3)ccc2c1. The van der Waals surface area contributed by atoms with E-state index in [0.717, 1.165) is 27.5 Å². The van der Waals surface area contributed by atoms with Crippen molar-refractivity contribution in [2.45, 2.75) is 6.54 Å². The third-order valence-electron chi connectivity index (χ3n) is 4.56. The summed E-state index contributed by atoms with van der Waals surface area (Å²) in [7, 11) is 1.64. The van der Waals surface area contributed by atoms with Gasteiger partial charge in [0.25, 0.3) is 11.5 Å². The second-order valence-electron chi connectivity index (χ2n) is 6.33. The number of aromatic amines is 1. The number of hydrogen-bond donors (Lipinski definition) is 2. The lowest BCUT2D eigenvalue weighted by atomic mass is 10.1. The smallest absolute Gasteiger partial charge is 0.268 e. The molecule has 1 aromatic heterocycles. The molecule has 0 radical (unpaired) electrons. The highest BCUT2D eigenvalue weighted by Gasteiger charge is 2.09. The normalized spacial score (nSPS) is 10.9. The molecular formula is C22H18N2O3. The maximum absolute atomic E-state index is 12.5. The Bertz CT molecular complexity index is 1210. The first kappa shape index (κ1) is 16.8. The summed E-state index contributed by atoms with van der Waals surface area (Å²) in [5.41, 5.74) is 0.964. The number of fused-ring (bicyclic) bond motifs is 2. The number of hydrogen-bond acceptors (Lipinski definition) is 3. The van der Waals surface area contributed by atoms with Gasteiger partial charge in [0.1, 0.15) is 11.4 Å². The average Bonchev–Trinajstić information content (AvgIpc) is 2.71. The number of carbonyl (C=O) groups is 1. The van der Waals surface area contributed by atoms with Gasteiger partial charge < -0.3 is 15.0 Å². The quantitative estimate of drug-likeness (QED) is 0.585. The van der Waals surface area contributed by atoms with E-state index in [2.05, 4.69) is 10.3 Å². The van der Waals surface area contributed by atoms with Crippen molar-refractivity contribution in [2.24, 2.45) is 0 Å². The van der Waals surface area contributed by atoms with Gasteiger partial charge in [0, 0.05) is 11.9 Å². The van der Waals surface area contributed by atoms with Gasteiger partial charge in [0.2, 0.25) is 0 Å². The Kier molecular flexibility index (Phi) is 4.34. The van der Waals surface area contributed by atoms with Gasteiger partial charge in [-0.1, -0.05) is 36.4 Å². The third-order valence-corrected chi connectivity index (χ3v) is 4.56. The molecule has 0 atom stereocenters. The van der Waals surface area contributed by atoms with E-state index < -0.39 is 0 Å². The van der Waals surface area contributed by atoms with E-state index in [1.54, 1.807) is 25.3 Å². The van der Waals surface area contributed by atoms with Crippen molar-refractivity contribution in [1.82, 2.24) is 10.3 Å². The predicted molar refractivity (Wildman–Crippen MR) is 106 cm³/mol. The molecule has 0 saturated carbocycles. The Morgan fingerprint density at radius 2 is 1.74 bits per heavy atom. The van der Waals surface area contributed by atoms with Gasteiger partial charge in [-0.25, -0.2) is 0 Å². The number of rotatable bonds is 4. The summed E-state index contributed by atoms with van der Waals surface area (Å²) in [5, 5.41) is 6.31. The number of ether oxygens (including phenoxy) is 1. The van der Waals surface area contributed by atoms with Crippen molar-refractivity contribution in [1.29, 1.82) is 0 Å². The van der Waals surface area contributed by atoms with Crippen LogP contribution in [0, 0.1) is 0 Å². The number of amides is 1. The summed E-state index contributed by atoms with van der Waals surface area (Å²) < 4.78 is 5.23. The van der Waals surface area contributed by atoms with Crippen molar-refractivity contribution >= 4 is 27.5 Å². The third kappa shape index (κ3) is 3.40. The summed E-state index contributed by atoms with van der Waals surface area (Å²) in [4.78, 5) is 27.2. The molecule has 0 saturated heterocycles. The number of aromatic nitrogens is 1. The maximum atomic E-state index is 12.5. The van der Waals surface area contributed by atoms with Gasteiger partial charge in [-0.15, -0.1) is 0 Å². The summed E-state index contributed by atoms with van der Waals surface area (Å²) in [5.74, 6) is 0.497. The van der Waals surface area contributed by atoms with Crippen molar-refractivity contribution in [2.75, 3.05) is 7.11 Å². The lowest BCUT2D eigenvalue weighted by Gasteiger charge is -2.08. The average molecular weight is 358 g/mol. The van der Waals surface area contributed by atoms with Gasteiger partial charge in [-0.05, 0) is 52.1 Å². The number of carbonyl (C=O) groups excluding carboxylic acids is 1. The molecule has 0 aliphatic rings. The van der Waals surface area contributed by atoms with E-state index in [4.69, 9.17) is 4.74 Å². The highest BCUT2D eigenvalue weighted by atomic mass is 16.5. The van der Waals surface area contributed by atoms with E-state index in [1.807, 2.05) is 48.5 Å². The highest BCUT2D eigenvalue weighted by Crippen LogP contribution is 2.22. The van der Waals surface area contributed by atoms with E-state index in [9.17, 15) is 9.59 Å². The molecule has 2 N–H and O–H groups in total. The summed E-state index contributed by atoms with van der Waals surface area (Å²) >= 11 is 0. The van der Waals surface area contributed by atoms with Crippen LogP contribution in [0.2, 0.25) is 0 Å². The molecule has 4 aromatic rings. The Morgan fingerprint density at radius 1 is 0.963 bits per heavy atom. The largest absolute Gasteiger partial charge is 0.497 e. The fourth-order valence-electron chi connectivity index (χ4n) is 3.12. The van der Waals surface area contributed by atoms with Crippen LogP contribution in [0.5, 0.6) is 5.75 Å². The zero-order valence-electron chi connectivity index (χ0n) is 14.8. The van der Waals surface area contributed by atoms with Gasteiger partial charge in [0.15, 0.2) is 0 Å². The molecule has 0 spiro atoms. The standard InChI is InChI=1S/C22H18N2O3/c1-27-18-9-8-15-10-14(6-7-16(15)11-18)13-23-22(26)20-12-17-4-2-3-5-19(17)21(25)24-20/h2-12H,13H2,1H3,(H,23,26)(H,24,25). The Balaban J connectivity index is 1.54. The molecule has 1 heterocycles. The maximum Gasteiger partial charge on any atom is 0.268 e. The van der Waals surface area contributed by atoms with Crippen LogP contribution in [-0.2, 0) is 6.54 Å². The van der Waals surface area contributed by atoms with E-state index >= 15 is 0 Å². The molecule has 0 aliphatic carbocycles. The zero-order chi connectivity index (χ0) is 18.8. The molecule has 5 heteroatoms. The van der Waals surface area contributed by atoms with Crippen LogP contribution in [0.1, 0.15) is 16.1 Å². The second-order valence-corrected chi connectivity index (χ2v) is 6.33. The fourth-order valence-corrected chi connectivity index (χ4v) is 3.12. The van der Waals surface area contributed by atoms with Crippen molar-refractivity contribution in [3.8, 4) is 5.75 Å². The zero-order valence-corrected chi connectivity index (χ0v) is 14.8.